The van der Waals surface area contributed by atoms with Crippen LogP contribution in [0.4, 0.5) is 0 Å². The maximum absolute atomic E-state index is 13.1. The van der Waals surface area contributed by atoms with Gasteiger partial charge < -0.3 is 5.11 Å². The van der Waals surface area contributed by atoms with Gasteiger partial charge >= 0.3 is 5.97 Å². The molecule has 4 rings (SSSR count). The van der Waals surface area contributed by atoms with Gasteiger partial charge in [0.05, 0.1) is 11.0 Å². The second kappa shape index (κ2) is 8.14. The molecule has 0 saturated heterocycles. The summed E-state index contributed by atoms with van der Waals surface area (Å²) >= 11 is 0. The number of fused-ring (bicyclic) bond motifs is 2. The van der Waals surface area contributed by atoms with Crippen molar-refractivity contribution in [1.29, 1.82) is 5.26 Å². The number of carboxylic acid groups (broad SMARTS) is 1. The fourth-order valence-electron chi connectivity index (χ4n) is 9.31. The Kier molecular flexibility index (Phi) is 6.07. The van der Waals surface area contributed by atoms with E-state index in [0.29, 0.717) is 6.42 Å². The van der Waals surface area contributed by atoms with Crippen LogP contribution in [0.1, 0.15) is 99.8 Å². The first-order valence-corrected chi connectivity index (χ1v) is 13.6. The third kappa shape index (κ3) is 3.50. The van der Waals surface area contributed by atoms with E-state index >= 15 is 0 Å². The van der Waals surface area contributed by atoms with Crippen LogP contribution in [-0.4, -0.2) is 23.1 Å². The van der Waals surface area contributed by atoms with Crippen molar-refractivity contribution in [3.05, 3.63) is 23.3 Å². The van der Waals surface area contributed by atoms with Crippen molar-refractivity contribution in [2.24, 2.45) is 44.3 Å². The Morgan fingerprint density at radius 3 is 2.25 bits per heavy atom. The molecule has 0 aliphatic heterocycles. The SMILES string of the molecule is CC1(C)CC[C@]2(C(=O)O)CC[C@@](C)(C3(C)CC[C@H]4C(C)(C)C(=O)C(C#N)=CC4(C)/C3=C/C=O)C[C@@H]2C1. The van der Waals surface area contributed by atoms with E-state index in [4.69, 9.17) is 0 Å². The van der Waals surface area contributed by atoms with E-state index in [0.717, 1.165) is 56.8 Å². The molecule has 0 bridgehead atoms. The molecule has 5 nitrogen and oxygen atoms in total. The average molecular weight is 494 g/mol. The molecule has 0 heterocycles. The number of carboxylic acids is 1. The summed E-state index contributed by atoms with van der Waals surface area (Å²) in [6.07, 6.45) is 10.9. The number of ketones is 1. The molecular weight excluding hydrogens is 450 g/mol. The van der Waals surface area contributed by atoms with Crippen molar-refractivity contribution in [3.63, 3.8) is 0 Å². The van der Waals surface area contributed by atoms with Crippen LogP contribution in [0.25, 0.3) is 0 Å². The molecule has 0 aromatic carbocycles. The molecule has 0 spiro atoms. The van der Waals surface area contributed by atoms with Crippen LogP contribution in [0.3, 0.4) is 0 Å². The predicted octanol–water partition coefficient (Wildman–Crippen LogP) is 6.68. The Hall–Kier alpha value is -2.22. The fraction of sp³-hybridized carbons (Fsp3) is 0.742. The zero-order valence-corrected chi connectivity index (χ0v) is 23.2. The van der Waals surface area contributed by atoms with Gasteiger partial charge in [0.1, 0.15) is 12.4 Å². The third-order valence-electron chi connectivity index (χ3n) is 11.7. The highest BCUT2D eigenvalue weighted by Crippen LogP contribution is 2.71. The van der Waals surface area contributed by atoms with Gasteiger partial charge in [-0.1, -0.05) is 60.1 Å². The number of carbonyl (C=O) groups is 3. The molecule has 6 atom stereocenters. The maximum atomic E-state index is 13.1. The molecular formula is C31H43NO4. The van der Waals surface area contributed by atoms with Crippen LogP contribution in [0.2, 0.25) is 0 Å². The van der Waals surface area contributed by atoms with Crippen LogP contribution in [0, 0.1) is 55.7 Å². The van der Waals surface area contributed by atoms with E-state index in [1.807, 2.05) is 19.9 Å². The van der Waals surface area contributed by atoms with E-state index in [9.17, 15) is 24.8 Å². The Balaban J connectivity index is 1.83. The number of nitrogens with zero attached hydrogens (tertiary/aromatic N) is 1. The largest absolute Gasteiger partial charge is 0.481 e. The van der Waals surface area contributed by atoms with E-state index in [2.05, 4.69) is 40.7 Å². The molecule has 0 aromatic rings. The van der Waals surface area contributed by atoms with E-state index in [1.165, 1.54) is 0 Å². The van der Waals surface area contributed by atoms with E-state index < -0.39 is 22.2 Å². The summed E-state index contributed by atoms with van der Waals surface area (Å²) in [5.41, 5.74) is -1.18. The van der Waals surface area contributed by atoms with Gasteiger partial charge in [-0.15, -0.1) is 0 Å². The summed E-state index contributed by atoms with van der Waals surface area (Å²) in [6.45, 7) is 15.1. The minimum atomic E-state index is -0.697. The second-order valence-electron chi connectivity index (χ2n) is 14.4. The quantitative estimate of drug-likeness (QED) is 0.349. The van der Waals surface area contributed by atoms with E-state index in [-0.39, 0.29) is 39.4 Å². The zero-order chi connectivity index (χ0) is 26.9. The zero-order valence-electron chi connectivity index (χ0n) is 23.2. The van der Waals surface area contributed by atoms with Crippen molar-refractivity contribution >= 4 is 18.0 Å². The van der Waals surface area contributed by atoms with Gasteiger partial charge in [0.15, 0.2) is 5.78 Å². The summed E-state index contributed by atoms with van der Waals surface area (Å²) in [5.74, 6) is -0.676. The van der Waals surface area contributed by atoms with Gasteiger partial charge in [-0.25, -0.2) is 0 Å². The van der Waals surface area contributed by atoms with Crippen LogP contribution in [0.15, 0.2) is 23.3 Å². The molecule has 2 unspecified atom stereocenters. The number of rotatable bonds is 3. The second-order valence-corrected chi connectivity index (χ2v) is 14.4. The van der Waals surface area contributed by atoms with Gasteiger partial charge in [-0.05, 0) is 85.5 Å². The van der Waals surface area contributed by atoms with Crippen LogP contribution in [0.5, 0.6) is 0 Å². The Morgan fingerprint density at radius 1 is 1.03 bits per heavy atom. The molecule has 3 fully saturated rings. The van der Waals surface area contributed by atoms with Gasteiger partial charge in [-0.2, -0.15) is 5.26 Å². The molecule has 196 valence electrons. The molecule has 5 heteroatoms. The maximum Gasteiger partial charge on any atom is 0.309 e. The van der Waals surface area contributed by atoms with Crippen LogP contribution in [-0.2, 0) is 14.4 Å². The molecule has 4 aliphatic rings. The highest BCUT2D eigenvalue weighted by atomic mass is 16.4. The summed E-state index contributed by atoms with van der Waals surface area (Å²) in [7, 11) is 0. The minimum absolute atomic E-state index is 0.00668. The topological polar surface area (TPSA) is 95.2 Å². The van der Waals surface area contributed by atoms with Gasteiger partial charge in [0.25, 0.3) is 0 Å². The number of hydrogen-bond donors (Lipinski definition) is 1. The first-order valence-electron chi connectivity index (χ1n) is 13.6. The number of aliphatic carboxylic acids is 1. The molecule has 1 N–H and O–H groups in total. The number of Topliss-reactive ketones (excluding diaryl/α,β-unsaturated/α-hetero) is 1. The Labute approximate surface area is 216 Å². The highest BCUT2D eigenvalue weighted by molar-refractivity contribution is 6.04. The van der Waals surface area contributed by atoms with Crippen molar-refractivity contribution in [2.75, 3.05) is 0 Å². The molecule has 0 amide bonds. The van der Waals surface area contributed by atoms with Crippen molar-refractivity contribution < 1.29 is 19.5 Å². The smallest absolute Gasteiger partial charge is 0.309 e. The molecule has 4 aliphatic carbocycles. The summed E-state index contributed by atoms with van der Waals surface area (Å²) in [6, 6.07) is 2.14. The number of nitriles is 1. The third-order valence-corrected chi connectivity index (χ3v) is 11.7. The Bertz CT molecular complexity index is 1110. The van der Waals surface area contributed by atoms with Crippen LogP contribution >= 0.6 is 0 Å². The first-order chi connectivity index (χ1) is 16.5. The minimum Gasteiger partial charge on any atom is -0.481 e. The summed E-state index contributed by atoms with van der Waals surface area (Å²) in [4.78, 5) is 37.9. The van der Waals surface area contributed by atoms with Crippen molar-refractivity contribution in [2.45, 2.75) is 99.8 Å². The summed E-state index contributed by atoms with van der Waals surface area (Å²) in [5, 5.41) is 20.2. The number of carbonyl (C=O) groups excluding carboxylic acids is 2. The molecule has 0 aromatic heterocycles. The highest BCUT2D eigenvalue weighted by Gasteiger charge is 2.65. The average Bonchev–Trinajstić information content (AvgIpc) is 2.78. The van der Waals surface area contributed by atoms with Crippen molar-refractivity contribution in [1.82, 2.24) is 0 Å². The lowest BCUT2D eigenvalue weighted by atomic mass is 9.39. The lowest BCUT2D eigenvalue weighted by Crippen LogP contribution is -2.59. The number of aldehydes is 1. The summed E-state index contributed by atoms with van der Waals surface area (Å²) < 4.78 is 0. The fourth-order valence-corrected chi connectivity index (χ4v) is 9.31. The van der Waals surface area contributed by atoms with E-state index in [1.54, 1.807) is 6.08 Å². The Morgan fingerprint density at radius 2 is 1.67 bits per heavy atom. The van der Waals surface area contributed by atoms with Gasteiger partial charge in [0.2, 0.25) is 0 Å². The van der Waals surface area contributed by atoms with Gasteiger partial charge in [-0.3, -0.25) is 14.4 Å². The van der Waals surface area contributed by atoms with Crippen molar-refractivity contribution in [3.8, 4) is 6.07 Å². The monoisotopic (exact) mass is 493 g/mol. The standard InChI is InChI=1S/C31H43NO4/c1-26(2)11-13-31(25(35)36)14-12-28(5,18-21(31)17-26)30(7)10-8-22-27(3,4)24(34)20(19-32)16-29(22,6)23(30)9-15-33/h9,15-16,21-22H,8,10-14,17-18H2,1-7H3,(H,35,36)/b23-9-/t21-,22-,28+,29?,30?,31-/m0/s1. The number of hydrogen-bond acceptors (Lipinski definition) is 4. The lowest BCUT2D eigenvalue weighted by Gasteiger charge is -2.64. The van der Waals surface area contributed by atoms with Gasteiger partial charge in [0, 0.05) is 10.8 Å². The normalized spacial score (nSPS) is 44.6. The molecule has 3 saturated carbocycles. The van der Waals surface area contributed by atoms with Crippen LogP contribution < -0.4 is 0 Å². The molecule has 0 radical (unpaired) electrons. The number of allylic oxidation sites excluding steroid dienone is 4. The lowest BCUT2D eigenvalue weighted by molar-refractivity contribution is -0.170. The predicted molar refractivity (Wildman–Crippen MR) is 139 cm³/mol. The first kappa shape index (κ1) is 26.8. The molecule has 36 heavy (non-hydrogen) atoms.